The Kier molecular flexibility index (Phi) is 7.88. The van der Waals surface area contributed by atoms with Crippen molar-refractivity contribution < 1.29 is 24.0 Å². The van der Waals surface area contributed by atoms with Crippen LogP contribution in [0.15, 0.2) is 12.5 Å². The Hall–Kier alpha value is -0.0626. The first kappa shape index (κ1) is 11.7. The van der Waals surface area contributed by atoms with Crippen molar-refractivity contribution in [2.75, 3.05) is 13.1 Å². The molecule has 3 heteroatoms. The van der Waals surface area contributed by atoms with Gasteiger partial charge in [0.2, 0.25) is 0 Å². The maximum Gasteiger partial charge on any atom is 1.00 e. The molecule has 0 aromatic rings. The zero-order chi connectivity index (χ0) is 6.57. The second-order valence-electron chi connectivity index (χ2n) is 1.57. The molecule has 0 N–H and O–H groups in total. The van der Waals surface area contributed by atoms with Gasteiger partial charge in [0.25, 0.3) is 0 Å². The predicted molar refractivity (Wildman–Crippen MR) is 32.1 cm³/mol. The standard InChI is InChI=1S/C6H13NO.Li/c1-4-7(5-2)6(3)8;/h8H,3-5H2,1-2H3;/q;+1/p-1. The van der Waals surface area contributed by atoms with Gasteiger partial charge in [0.1, 0.15) is 0 Å². The normalized spacial score (nSPS) is 7.78. The largest absolute Gasteiger partial charge is 1.00 e. The van der Waals surface area contributed by atoms with Crippen LogP contribution in [0, 0.1) is 0 Å². The molecule has 0 heterocycles. The Morgan fingerprint density at radius 3 is 1.78 bits per heavy atom. The number of nitrogens with zero attached hydrogens (tertiary/aromatic N) is 1. The van der Waals surface area contributed by atoms with Gasteiger partial charge in [-0.15, -0.1) is 0 Å². The van der Waals surface area contributed by atoms with Crippen molar-refractivity contribution in [3.63, 3.8) is 0 Å². The van der Waals surface area contributed by atoms with Gasteiger partial charge in [-0.2, -0.15) is 0 Å². The Balaban J connectivity index is 0. The van der Waals surface area contributed by atoms with Gasteiger partial charge in [0.15, 0.2) is 0 Å². The minimum atomic E-state index is -0.0880. The van der Waals surface area contributed by atoms with Crippen molar-refractivity contribution >= 4 is 0 Å². The van der Waals surface area contributed by atoms with Crippen molar-refractivity contribution in [2.45, 2.75) is 13.8 Å². The number of rotatable bonds is 3. The zero-order valence-corrected chi connectivity index (χ0v) is 6.48. The van der Waals surface area contributed by atoms with E-state index in [2.05, 4.69) is 6.58 Å². The van der Waals surface area contributed by atoms with Crippen LogP contribution in [0.1, 0.15) is 13.8 Å². The Bertz CT molecular complexity index is 81.1. The van der Waals surface area contributed by atoms with Crippen molar-refractivity contribution in [1.29, 1.82) is 0 Å². The first-order chi connectivity index (χ1) is 3.72. The number of hydrogen-bond acceptors (Lipinski definition) is 2. The van der Waals surface area contributed by atoms with Crippen LogP contribution in [-0.4, -0.2) is 18.0 Å². The van der Waals surface area contributed by atoms with E-state index >= 15 is 0 Å². The fourth-order valence-corrected chi connectivity index (χ4v) is 0.576. The third-order valence-electron chi connectivity index (χ3n) is 1.12. The summed E-state index contributed by atoms with van der Waals surface area (Å²) in [6, 6.07) is 0. The summed E-state index contributed by atoms with van der Waals surface area (Å²) in [6.45, 7) is 8.67. The molecular weight excluding hydrogens is 109 g/mol. The Labute approximate surface area is 68.7 Å². The quantitative estimate of drug-likeness (QED) is 0.297. The molecule has 2 nitrogen and oxygen atoms in total. The van der Waals surface area contributed by atoms with E-state index in [1.807, 2.05) is 13.8 Å². The van der Waals surface area contributed by atoms with Crippen molar-refractivity contribution in [3.05, 3.63) is 12.5 Å². The molecule has 0 saturated heterocycles. The molecule has 0 atom stereocenters. The molecule has 0 spiro atoms. The van der Waals surface area contributed by atoms with Gasteiger partial charge in [0.05, 0.1) is 0 Å². The molecule has 0 aromatic heterocycles. The zero-order valence-electron chi connectivity index (χ0n) is 6.48. The van der Waals surface area contributed by atoms with Crippen LogP contribution >= 0.6 is 0 Å². The summed E-state index contributed by atoms with van der Waals surface area (Å²) in [4.78, 5) is 1.67. The van der Waals surface area contributed by atoms with Crippen LogP contribution in [0.4, 0.5) is 0 Å². The first-order valence-electron chi connectivity index (χ1n) is 2.83. The second-order valence-corrected chi connectivity index (χ2v) is 1.57. The van der Waals surface area contributed by atoms with E-state index in [0.29, 0.717) is 0 Å². The average Bonchev–Trinajstić information content (AvgIpc) is 1.69. The van der Waals surface area contributed by atoms with Gasteiger partial charge >= 0.3 is 18.9 Å². The SMILES string of the molecule is C=C([O-])N(CC)CC.[Li+]. The summed E-state index contributed by atoms with van der Waals surface area (Å²) in [6.07, 6.45) is 0. The molecule has 0 aliphatic heterocycles. The summed E-state index contributed by atoms with van der Waals surface area (Å²) in [5.41, 5.74) is 0. The Morgan fingerprint density at radius 2 is 1.78 bits per heavy atom. The van der Waals surface area contributed by atoms with Crippen LogP contribution in [0.5, 0.6) is 0 Å². The summed E-state index contributed by atoms with van der Waals surface area (Å²) in [5, 5.41) is 10.4. The molecular formula is C6H12LiNO. The van der Waals surface area contributed by atoms with E-state index in [0.717, 1.165) is 13.1 Å². The molecule has 0 fully saturated rings. The fraction of sp³-hybridized carbons (Fsp3) is 0.667. The first-order valence-corrected chi connectivity index (χ1v) is 2.83. The molecule has 0 aromatic carbocycles. The van der Waals surface area contributed by atoms with Crippen LogP contribution in [0.3, 0.4) is 0 Å². The monoisotopic (exact) mass is 121 g/mol. The van der Waals surface area contributed by atoms with E-state index in [1.165, 1.54) is 0 Å². The maximum atomic E-state index is 10.4. The van der Waals surface area contributed by atoms with Crippen LogP contribution in [-0.2, 0) is 0 Å². The minimum absolute atomic E-state index is 0. The number of hydrogen-bond donors (Lipinski definition) is 0. The smallest absolute Gasteiger partial charge is 0.861 e. The molecule has 9 heavy (non-hydrogen) atoms. The third kappa shape index (κ3) is 4.44. The van der Waals surface area contributed by atoms with E-state index in [-0.39, 0.29) is 24.7 Å². The summed E-state index contributed by atoms with van der Waals surface area (Å²) in [5.74, 6) is -0.0880. The summed E-state index contributed by atoms with van der Waals surface area (Å²) in [7, 11) is 0. The van der Waals surface area contributed by atoms with Gasteiger partial charge in [-0.05, 0) is 19.7 Å². The van der Waals surface area contributed by atoms with Crippen molar-refractivity contribution in [3.8, 4) is 0 Å². The fourth-order valence-electron chi connectivity index (χ4n) is 0.576. The van der Waals surface area contributed by atoms with Gasteiger partial charge in [-0.25, -0.2) is 0 Å². The summed E-state index contributed by atoms with van der Waals surface area (Å²) >= 11 is 0. The van der Waals surface area contributed by atoms with Crippen molar-refractivity contribution in [2.24, 2.45) is 0 Å². The van der Waals surface area contributed by atoms with Gasteiger partial charge in [0, 0.05) is 13.1 Å². The molecule has 0 bridgehead atoms. The Morgan fingerprint density at radius 1 is 1.44 bits per heavy atom. The molecule has 0 rings (SSSR count). The van der Waals surface area contributed by atoms with Crippen LogP contribution in [0.25, 0.3) is 0 Å². The van der Waals surface area contributed by atoms with E-state index in [4.69, 9.17) is 0 Å². The van der Waals surface area contributed by atoms with Gasteiger partial charge < -0.3 is 10.0 Å². The van der Waals surface area contributed by atoms with E-state index in [1.54, 1.807) is 4.90 Å². The molecule has 0 radical (unpaired) electrons. The molecule has 0 saturated carbocycles. The summed E-state index contributed by atoms with van der Waals surface area (Å²) < 4.78 is 0. The van der Waals surface area contributed by atoms with Gasteiger partial charge in [-0.1, -0.05) is 6.58 Å². The second kappa shape index (κ2) is 6.06. The topological polar surface area (TPSA) is 26.3 Å². The van der Waals surface area contributed by atoms with E-state index in [9.17, 15) is 5.11 Å². The molecule has 0 aliphatic carbocycles. The van der Waals surface area contributed by atoms with Gasteiger partial charge in [-0.3, -0.25) is 0 Å². The van der Waals surface area contributed by atoms with E-state index < -0.39 is 0 Å². The molecule has 0 aliphatic rings. The van der Waals surface area contributed by atoms with Crippen LogP contribution < -0.4 is 24.0 Å². The maximum absolute atomic E-state index is 10.4. The molecule has 48 valence electrons. The van der Waals surface area contributed by atoms with Crippen molar-refractivity contribution in [1.82, 2.24) is 4.90 Å². The molecule has 0 unspecified atom stereocenters. The molecule has 0 amide bonds. The predicted octanol–water partition coefficient (Wildman–Crippen LogP) is -2.84. The average molecular weight is 121 g/mol. The third-order valence-corrected chi connectivity index (χ3v) is 1.12. The minimum Gasteiger partial charge on any atom is -0.861 e. The van der Waals surface area contributed by atoms with Crippen LogP contribution in [0.2, 0.25) is 0 Å².